The Morgan fingerprint density at radius 3 is 2.30 bits per heavy atom. The minimum absolute atomic E-state index is 0.174. The average molecular weight is 385 g/mol. The van der Waals surface area contributed by atoms with Gasteiger partial charge in [-0.15, -0.1) is 0 Å². The summed E-state index contributed by atoms with van der Waals surface area (Å²) in [4.78, 5) is 0. The number of ether oxygens (including phenoxy) is 2. The summed E-state index contributed by atoms with van der Waals surface area (Å²) in [6, 6.07) is 14.7. The zero-order valence-electron chi connectivity index (χ0n) is 10.8. The Morgan fingerprint density at radius 2 is 1.65 bits per heavy atom. The van der Waals surface area contributed by atoms with Crippen LogP contribution in [-0.2, 0) is 0 Å². The minimum Gasteiger partial charge on any atom is -0.491 e. The van der Waals surface area contributed by atoms with Gasteiger partial charge in [0.2, 0.25) is 0 Å². The number of hydrogen-bond acceptors (Lipinski definition) is 4. The van der Waals surface area contributed by atoms with Gasteiger partial charge in [-0.2, -0.15) is 0 Å². The van der Waals surface area contributed by atoms with Crippen molar-refractivity contribution in [2.45, 2.75) is 6.10 Å². The molecule has 0 aliphatic rings. The van der Waals surface area contributed by atoms with Gasteiger partial charge in [0.25, 0.3) is 0 Å². The fourth-order valence-electron chi connectivity index (χ4n) is 1.55. The van der Waals surface area contributed by atoms with E-state index in [1.807, 2.05) is 24.3 Å². The molecule has 2 aromatic rings. The highest BCUT2D eigenvalue weighted by Crippen LogP contribution is 2.16. The number of nitrogen functional groups attached to an aromatic ring is 1. The molecule has 3 N–H and O–H groups in total. The van der Waals surface area contributed by atoms with Crippen LogP contribution in [0, 0.1) is 3.57 Å². The Balaban J connectivity index is 1.75. The average Bonchev–Trinajstić information content (AvgIpc) is 2.45. The SMILES string of the molecule is Nc1ccc(OCC(O)COc2cccc(I)c2)cc1. The molecule has 0 aliphatic carbocycles. The summed E-state index contributed by atoms with van der Waals surface area (Å²) in [6.45, 7) is 0.364. The molecule has 2 aromatic carbocycles. The van der Waals surface area contributed by atoms with E-state index in [4.69, 9.17) is 15.2 Å². The molecule has 0 heterocycles. The van der Waals surface area contributed by atoms with Crippen LogP contribution >= 0.6 is 22.6 Å². The fourth-order valence-corrected chi connectivity index (χ4v) is 2.07. The summed E-state index contributed by atoms with van der Waals surface area (Å²) in [7, 11) is 0. The van der Waals surface area contributed by atoms with Crippen LogP contribution < -0.4 is 15.2 Å². The van der Waals surface area contributed by atoms with Crippen LogP contribution in [0.1, 0.15) is 0 Å². The Kier molecular flexibility index (Phi) is 5.49. The van der Waals surface area contributed by atoms with E-state index in [2.05, 4.69) is 22.6 Å². The van der Waals surface area contributed by atoms with E-state index in [0.29, 0.717) is 11.4 Å². The first-order chi connectivity index (χ1) is 9.63. The Hall–Kier alpha value is -1.47. The predicted octanol–water partition coefficient (Wildman–Crippen LogP) is 2.69. The second-order valence-electron chi connectivity index (χ2n) is 4.30. The standard InChI is InChI=1S/C15H16INO3/c16-11-2-1-3-15(8-11)20-10-13(18)9-19-14-6-4-12(17)5-7-14/h1-8,13,18H,9-10,17H2. The monoisotopic (exact) mass is 385 g/mol. The van der Waals surface area contributed by atoms with Crippen LogP contribution in [-0.4, -0.2) is 24.4 Å². The third-order valence-electron chi connectivity index (χ3n) is 2.56. The minimum atomic E-state index is -0.689. The molecule has 0 bridgehead atoms. The number of anilines is 1. The van der Waals surface area contributed by atoms with Crippen molar-refractivity contribution in [1.82, 2.24) is 0 Å². The Labute approximate surface area is 131 Å². The normalized spacial score (nSPS) is 11.9. The van der Waals surface area contributed by atoms with E-state index in [9.17, 15) is 5.11 Å². The van der Waals surface area contributed by atoms with Gasteiger partial charge < -0.3 is 20.3 Å². The van der Waals surface area contributed by atoms with E-state index in [1.165, 1.54) is 0 Å². The van der Waals surface area contributed by atoms with E-state index in [0.717, 1.165) is 9.32 Å². The first-order valence-corrected chi connectivity index (χ1v) is 7.26. The molecule has 0 amide bonds. The summed E-state index contributed by atoms with van der Waals surface area (Å²) in [5.41, 5.74) is 6.26. The van der Waals surface area contributed by atoms with Crippen molar-refractivity contribution in [3.8, 4) is 11.5 Å². The molecule has 0 aliphatic heterocycles. The van der Waals surface area contributed by atoms with Crippen molar-refractivity contribution in [2.24, 2.45) is 0 Å². The molecule has 106 valence electrons. The smallest absolute Gasteiger partial charge is 0.122 e. The lowest BCUT2D eigenvalue weighted by molar-refractivity contribution is 0.0626. The van der Waals surface area contributed by atoms with E-state index in [1.54, 1.807) is 24.3 Å². The van der Waals surface area contributed by atoms with Crippen molar-refractivity contribution in [3.05, 3.63) is 52.1 Å². The number of aliphatic hydroxyl groups excluding tert-OH is 1. The van der Waals surface area contributed by atoms with Crippen LogP contribution in [0.5, 0.6) is 11.5 Å². The molecule has 4 nitrogen and oxygen atoms in total. The summed E-state index contributed by atoms with van der Waals surface area (Å²) >= 11 is 2.21. The summed E-state index contributed by atoms with van der Waals surface area (Å²) < 4.78 is 12.0. The number of nitrogens with two attached hydrogens (primary N) is 1. The maximum absolute atomic E-state index is 9.82. The summed E-state index contributed by atoms with van der Waals surface area (Å²) in [6.07, 6.45) is -0.689. The molecule has 0 radical (unpaired) electrons. The molecule has 1 unspecified atom stereocenters. The van der Waals surface area contributed by atoms with Crippen molar-refractivity contribution in [2.75, 3.05) is 18.9 Å². The first kappa shape index (κ1) is 14.9. The van der Waals surface area contributed by atoms with E-state index < -0.39 is 6.10 Å². The molecular weight excluding hydrogens is 369 g/mol. The first-order valence-electron chi connectivity index (χ1n) is 6.18. The van der Waals surface area contributed by atoms with E-state index >= 15 is 0 Å². The third kappa shape index (κ3) is 4.90. The van der Waals surface area contributed by atoms with Gasteiger partial charge in [0, 0.05) is 9.26 Å². The fraction of sp³-hybridized carbons (Fsp3) is 0.200. The van der Waals surface area contributed by atoms with Crippen LogP contribution in [0.15, 0.2) is 48.5 Å². The quantitative estimate of drug-likeness (QED) is 0.593. The highest BCUT2D eigenvalue weighted by atomic mass is 127. The highest BCUT2D eigenvalue weighted by Gasteiger charge is 2.07. The van der Waals surface area contributed by atoms with Gasteiger partial charge in [0.05, 0.1) is 0 Å². The lowest BCUT2D eigenvalue weighted by Gasteiger charge is -2.13. The van der Waals surface area contributed by atoms with Crippen molar-refractivity contribution in [1.29, 1.82) is 0 Å². The molecule has 0 aromatic heterocycles. The van der Waals surface area contributed by atoms with Gasteiger partial charge in [-0.05, 0) is 65.1 Å². The second kappa shape index (κ2) is 7.35. The number of halogens is 1. The van der Waals surface area contributed by atoms with Crippen molar-refractivity contribution in [3.63, 3.8) is 0 Å². The van der Waals surface area contributed by atoms with Gasteiger partial charge in [0.1, 0.15) is 30.8 Å². The highest BCUT2D eigenvalue weighted by molar-refractivity contribution is 14.1. The topological polar surface area (TPSA) is 64.7 Å². The number of rotatable bonds is 6. The molecule has 0 spiro atoms. The van der Waals surface area contributed by atoms with Gasteiger partial charge in [-0.3, -0.25) is 0 Å². The van der Waals surface area contributed by atoms with Gasteiger partial charge in [-0.25, -0.2) is 0 Å². The predicted molar refractivity (Wildman–Crippen MR) is 87.0 cm³/mol. The van der Waals surface area contributed by atoms with Gasteiger partial charge >= 0.3 is 0 Å². The van der Waals surface area contributed by atoms with E-state index in [-0.39, 0.29) is 13.2 Å². The van der Waals surface area contributed by atoms with Crippen LogP contribution in [0.2, 0.25) is 0 Å². The van der Waals surface area contributed by atoms with Crippen LogP contribution in [0.3, 0.4) is 0 Å². The van der Waals surface area contributed by atoms with Crippen LogP contribution in [0.4, 0.5) is 5.69 Å². The summed E-state index contributed by atoms with van der Waals surface area (Å²) in [5.74, 6) is 1.41. The maximum Gasteiger partial charge on any atom is 0.122 e. The largest absolute Gasteiger partial charge is 0.491 e. The molecule has 1 atom stereocenters. The van der Waals surface area contributed by atoms with Gasteiger partial charge in [0.15, 0.2) is 0 Å². The zero-order valence-corrected chi connectivity index (χ0v) is 13.0. The van der Waals surface area contributed by atoms with Crippen LogP contribution in [0.25, 0.3) is 0 Å². The third-order valence-corrected chi connectivity index (χ3v) is 3.23. The zero-order chi connectivity index (χ0) is 14.4. The Bertz CT molecular complexity index is 545. The molecule has 2 rings (SSSR count). The number of hydrogen-bond donors (Lipinski definition) is 2. The van der Waals surface area contributed by atoms with Crippen molar-refractivity contribution < 1.29 is 14.6 Å². The lowest BCUT2D eigenvalue weighted by atomic mass is 10.3. The molecule has 5 heteroatoms. The lowest BCUT2D eigenvalue weighted by Crippen LogP contribution is -2.25. The summed E-state index contributed by atoms with van der Waals surface area (Å²) in [5, 5.41) is 9.82. The molecule has 20 heavy (non-hydrogen) atoms. The molecule has 0 fully saturated rings. The second-order valence-corrected chi connectivity index (χ2v) is 5.55. The maximum atomic E-state index is 9.82. The molecule has 0 saturated carbocycles. The molecule has 0 saturated heterocycles. The number of benzene rings is 2. The Morgan fingerprint density at radius 1 is 1.00 bits per heavy atom. The number of aliphatic hydroxyl groups is 1. The van der Waals surface area contributed by atoms with Gasteiger partial charge in [-0.1, -0.05) is 6.07 Å². The molecular formula is C15H16INO3. The van der Waals surface area contributed by atoms with Crippen molar-refractivity contribution >= 4 is 28.3 Å².